The molecule has 178 valence electrons. The van der Waals surface area contributed by atoms with Crippen LogP contribution < -0.4 is 4.90 Å². The highest BCUT2D eigenvalue weighted by molar-refractivity contribution is 5.91. The van der Waals surface area contributed by atoms with Crippen molar-refractivity contribution in [2.75, 3.05) is 31.2 Å². The minimum Gasteiger partial charge on any atom is -0.378 e. The molecule has 1 saturated heterocycles. The number of nitriles is 2. The molecule has 4 aromatic rings. The highest BCUT2D eigenvalue weighted by atomic mass is 16.5. The van der Waals surface area contributed by atoms with E-state index in [1.54, 1.807) is 10.8 Å². The first kappa shape index (κ1) is 23.0. The predicted octanol–water partition coefficient (Wildman–Crippen LogP) is 3.95. The Labute approximate surface area is 209 Å². The molecule has 9 heteroatoms. The number of hydrogen-bond acceptors (Lipinski definition) is 7. The van der Waals surface area contributed by atoms with Crippen LogP contribution in [0.1, 0.15) is 17.8 Å². The van der Waals surface area contributed by atoms with Gasteiger partial charge >= 0.3 is 0 Å². The van der Waals surface area contributed by atoms with Gasteiger partial charge in [0, 0.05) is 30.4 Å². The van der Waals surface area contributed by atoms with Crippen LogP contribution >= 0.6 is 0 Å². The number of aryl methyl sites for hydroxylation is 1. The summed E-state index contributed by atoms with van der Waals surface area (Å²) in [5, 5.41) is 32.9. The van der Waals surface area contributed by atoms with Gasteiger partial charge in [-0.3, -0.25) is 9.25 Å². The summed E-state index contributed by atoms with van der Waals surface area (Å²) in [4.78, 5) is 2.12. The molecule has 2 aromatic heterocycles. The van der Waals surface area contributed by atoms with Crippen molar-refractivity contribution in [3.63, 3.8) is 0 Å². The standard InChI is InChI=1S/C27H24N8O/c28-12-7-13-34-20-23(25(32-34)21-8-3-1-4-9-21)18-22(19-29)26-30-31-27(33-14-16-36-17-15-33)35(26)24-10-5-2-6-11-24/h1-6,8-11,18,20H,7,13-17H2/b22-18-. The zero-order valence-electron chi connectivity index (χ0n) is 19.7. The average molecular weight is 477 g/mol. The monoisotopic (exact) mass is 476 g/mol. The van der Waals surface area contributed by atoms with Crippen LogP contribution in [0.15, 0.2) is 66.9 Å². The largest absolute Gasteiger partial charge is 0.378 e. The fourth-order valence-corrected chi connectivity index (χ4v) is 4.18. The van der Waals surface area contributed by atoms with Crippen molar-refractivity contribution in [1.82, 2.24) is 24.5 Å². The van der Waals surface area contributed by atoms with Gasteiger partial charge in [0.2, 0.25) is 5.95 Å². The third-order valence-corrected chi connectivity index (χ3v) is 5.91. The fourth-order valence-electron chi connectivity index (χ4n) is 4.18. The zero-order valence-corrected chi connectivity index (χ0v) is 19.7. The minimum absolute atomic E-state index is 0.343. The van der Waals surface area contributed by atoms with Crippen molar-refractivity contribution in [2.24, 2.45) is 0 Å². The maximum Gasteiger partial charge on any atom is 0.232 e. The second-order valence-corrected chi connectivity index (χ2v) is 8.23. The van der Waals surface area contributed by atoms with Crippen molar-refractivity contribution in [3.8, 4) is 29.1 Å². The Hall–Kier alpha value is -4.73. The van der Waals surface area contributed by atoms with E-state index in [0.717, 1.165) is 22.5 Å². The van der Waals surface area contributed by atoms with Crippen LogP contribution in [0, 0.1) is 22.7 Å². The van der Waals surface area contributed by atoms with Gasteiger partial charge in [-0.1, -0.05) is 48.5 Å². The van der Waals surface area contributed by atoms with E-state index >= 15 is 0 Å². The Morgan fingerprint density at radius 2 is 1.69 bits per heavy atom. The third-order valence-electron chi connectivity index (χ3n) is 5.91. The molecule has 1 aliphatic heterocycles. The summed E-state index contributed by atoms with van der Waals surface area (Å²) in [6.07, 6.45) is 4.00. The number of benzene rings is 2. The lowest BCUT2D eigenvalue weighted by Gasteiger charge is -2.28. The summed E-state index contributed by atoms with van der Waals surface area (Å²) in [6, 6.07) is 24.1. The number of para-hydroxylation sites is 1. The first-order chi connectivity index (χ1) is 17.8. The minimum atomic E-state index is 0.343. The van der Waals surface area contributed by atoms with Gasteiger partial charge in [0.05, 0.1) is 49.2 Å². The Kier molecular flexibility index (Phi) is 6.83. The second kappa shape index (κ2) is 10.7. The van der Waals surface area contributed by atoms with Crippen LogP contribution in [-0.4, -0.2) is 50.8 Å². The number of allylic oxidation sites excluding steroid dienone is 1. The van der Waals surface area contributed by atoms with Gasteiger partial charge in [0.1, 0.15) is 6.07 Å². The quantitative estimate of drug-likeness (QED) is 0.372. The van der Waals surface area contributed by atoms with Crippen LogP contribution in [0.2, 0.25) is 0 Å². The van der Waals surface area contributed by atoms with Crippen LogP contribution in [-0.2, 0) is 11.3 Å². The van der Waals surface area contributed by atoms with Crippen molar-refractivity contribution in [3.05, 3.63) is 78.2 Å². The highest BCUT2D eigenvalue weighted by Gasteiger charge is 2.24. The molecule has 3 heterocycles. The average Bonchev–Trinajstić information content (AvgIpc) is 3.56. The second-order valence-electron chi connectivity index (χ2n) is 8.23. The van der Waals surface area contributed by atoms with Crippen LogP contribution in [0.4, 0.5) is 5.95 Å². The summed E-state index contributed by atoms with van der Waals surface area (Å²) in [5.41, 5.74) is 3.66. The van der Waals surface area contributed by atoms with E-state index in [4.69, 9.17) is 15.1 Å². The molecule has 0 aliphatic carbocycles. The maximum atomic E-state index is 10.2. The maximum absolute atomic E-state index is 10.2. The van der Waals surface area contributed by atoms with E-state index in [1.165, 1.54) is 0 Å². The normalized spacial score (nSPS) is 13.8. The summed E-state index contributed by atoms with van der Waals surface area (Å²) < 4.78 is 9.18. The number of rotatable bonds is 7. The van der Waals surface area contributed by atoms with Gasteiger partial charge in [-0.05, 0) is 18.2 Å². The lowest BCUT2D eigenvalue weighted by molar-refractivity contribution is 0.122. The van der Waals surface area contributed by atoms with Crippen LogP contribution in [0.25, 0.3) is 28.6 Å². The summed E-state index contributed by atoms with van der Waals surface area (Å²) in [6.45, 7) is 3.08. The Balaban J connectivity index is 1.63. The summed E-state index contributed by atoms with van der Waals surface area (Å²) in [5.74, 6) is 1.13. The van der Waals surface area contributed by atoms with Crippen LogP contribution in [0.3, 0.4) is 0 Å². The molecule has 0 N–H and O–H groups in total. The third kappa shape index (κ3) is 4.74. The predicted molar refractivity (Wildman–Crippen MR) is 136 cm³/mol. The van der Waals surface area contributed by atoms with Crippen molar-refractivity contribution >= 4 is 17.6 Å². The van der Waals surface area contributed by atoms with E-state index in [-0.39, 0.29) is 0 Å². The highest BCUT2D eigenvalue weighted by Crippen LogP contribution is 2.29. The lowest BCUT2D eigenvalue weighted by atomic mass is 10.1. The number of aromatic nitrogens is 5. The Morgan fingerprint density at radius 3 is 2.39 bits per heavy atom. The number of morpholine rings is 1. The molecule has 0 amide bonds. The molecule has 0 unspecified atom stereocenters. The smallest absolute Gasteiger partial charge is 0.232 e. The number of ether oxygens (including phenoxy) is 1. The van der Waals surface area contributed by atoms with E-state index in [1.807, 2.05) is 71.4 Å². The van der Waals surface area contributed by atoms with Gasteiger partial charge < -0.3 is 9.64 Å². The topological polar surface area (TPSA) is 109 Å². The Bertz CT molecular complexity index is 1430. The molecule has 1 aliphatic rings. The molecule has 2 aromatic carbocycles. The molecular weight excluding hydrogens is 452 g/mol. The molecule has 1 fully saturated rings. The first-order valence-electron chi connectivity index (χ1n) is 11.7. The fraction of sp³-hybridized carbons (Fsp3) is 0.222. The molecule has 0 spiro atoms. The molecule has 0 saturated carbocycles. The lowest BCUT2D eigenvalue weighted by Crippen LogP contribution is -2.38. The van der Waals surface area contributed by atoms with E-state index in [9.17, 15) is 5.26 Å². The van der Waals surface area contributed by atoms with Gasteiger partial charge in [0.15, 0.2) is 5.82 Å². The number of hydrogen-bond donors (Lipinski definition) is 0. The van der Waals surface area contributed by atoms with E-state index < -0.39 is 0 Å². The Morgan fingerprint density at radius 1 is 0.972 bits per heavy atom. The molecule has 5 rings (SSSR count). The molecular formula is C27H24N8O. The number of anilines is 1. The van der Waals surface area contributed by atoms with Crippen molar-refractivity contribution in [1.29, 1.82) is 10.5 Å². The summed E-state index contributed by atoms with van der Waals surface area (Å²) in [7, 11) is 0. The van der Waals surface area contributed by atoms with Gasteiger partial charge in [-0.15, -0.1) is 10.2 Å². The molecule has 9 nitrogen and oxygen atoms in total. The molecule has 0 radical (unpaired) electrons. The molecule has 36 heavy (non-hydrogen) atoms. The van der Waals surface area contributed by atoms with E-state index in [0.29, 0.717) is 56.6 Å². The van der Waals surface area contributed by atoms with Crippen molar-refractivity contribution < 1.29 is 4.74 Å². The van der Waals surface area contributed by atoms with Crippen LogP contribution in [0.5, 0.6) is 0 Å². The van der Waals surface area contributed by atoms with Gasteiger partial charge in [-0.25, -0.2) is 0 Å². The SMILES string of the molecule is N#CCCn1cc(/C=C(/C#N)c2nnc(N3CCOCC3)n2-c2ccccc2)c(-c2ccccc2)n1. The zero-order chi connectivity index (χ0) is 24.7. The molecule has 0 bridgehead atoms. The van der Waals surface area contributed by atoms with E-state index in [2.05, 4.69) is 27.2 Å². The first-order valence-corrected chi connectivity index (χ1v) is 11.7. The van der Waals surface area contributed by atoms with Gasteiger partial charge in [-0.2, -0.15) is 15.6 Å². The van der Waals surface area contributed by atoms with Crippen molar-refractivity contribution in [2.45, 2.75) is 13.0 Å². The molecule has 0 atom stereocenters. The number of nitrogens with zero attached hydrogens (tertiary/aromatic N) is 8. The summed E-state index contributed by atoms with van der Waals surface area (Å²) >= 11 is 0. The van der Waals surface area contributed by atoms with Gasteiger partial charge in [0.25, 0.3) is 0 Å².